The second-order valence-electron chi connectivity index (χ2n) is 8.68. The van der Waals surface area contributed by atoms with Gasteiger partial charge in [0.05, 0.1) is 11.5 Å². The summed E-state index contributed by atoms with van der Waals surface area (Å²) in [6.45, 7) is 2.40. The van der Waals surface area contributed by atoms with Crippen LogP contribution in [-0.4, -0.2) is 49.9 Å². The number of rotatable bonds is 12. The highest BCUT2D eigenvalue weighted by Gasteiger charge is 2.26. The minimum absolute atomic E-state index is 0.0454. The molecule has 1 aromatic rings. The van der Waals surface area contributed by atoms with Gasteiger partial charge in [0.15, 0.2) is 9.84 Å². The van der Waals surface area contributed by atoms with Gasteiger partial charge in [0.2, 0.25) is 5.91 Å². The summed E-state index contributed by atoms with van der Waals surface area (Å²) in [5.74, 6) is 0.179. The molecule has 30 heavy (non-hydrogen) atoms. The summed E-state index contributed by atoms with van der Waals surface area (Å²) in [6.07, 6.45) is 6.04. The number of sulfone groups is 1. The van der Waals surface area contributed by atoms with Crippen LogP contribution in [0.1, 0.15) is 62.5 Å². The molecular weight excluding hydrogens is 407 g/mol. The molecule has 0 unspecified atom stereocenters. The lowest BCUT2D eigenvalue weighted by atomic mass is 9.98. The number of unbranched alkanes of at least 4 members (excludes halogenated alkanes) is 2. The lowest BCUT2D eigenvalue weighted by molar-refractivity contribution is -0.118. The predicted molar refractivity (Wildman–Crippen MR) is 113 cm³/mol. The quantitative estimate of drug-likeness (QED) is 0.400. The van der Waals surface area contributed by atoms with Gasteiger partial charge in [0, 0.05) is 6.54 Å². The smallest absolute Gasteiger partial charge is 0.315 e. The maximum absolute atomic E-state index is 14.1. The van der Waals surface area contributed by atoms with Crippen molar-refractivity contribution in [3.8, 4) is 0 Å². The standard InChI is InChI=1S/C22H31FN2O4S/c1-16(18-9-10-20(23)19(13-18)8-7-17-5-6-17)15-30(28,29)12-4-2-3-11-25-14-21(26)24-22(25)27/h9-10,13,16-17H,2-8,11-12,14-15H2,1H3,(H,24,26,27)/t16-/m0/s1. The molecule has 166 valence electrons. The number of halogens is 1. The zero-order valence-electron chi connectivity index (χ0n) is 17.5. The Kier molecular flexibility index (Phi) is 7.50. The molecule has 1 N–H and O–H groups in total. The fourth-order valence-corrected chi connectivity index (χ4v) is 5.65. The number of urea groups is 1. The number of nitrogens with zero attached hydrogens (tertiary/aromatic N) is 1. The fraction of sp³-hybridized carbons (Fsp3) is 0.636. The van der Waals surface area contributed by atoms with Gasteiger partial charge in [-0.2, -0.15) is 0 Å². The first-order chi connectivity index (χ1) is 14.2. The molecule has 1 atom stereocenters. The Morgan fingerprint density at radius 2 is 1.97 bits per heavy atom. The van der Waals surface area contributed by atoms with Crippen molar-refractivity contribution >= 4 is 21.8 Å². The van der Waals surface area contributed by atoms with Crippen molar-refractivity contribution < 1.29 is 22.4 Å². The third-order valence-electron chi connectivity index (χ3n) is 5.91. The van der Waals surface area contributed by atoms with E-state index in [1.165, 1.54) is 23.8 Å². The molecule has 1 saturated carbocycles. The highest BCUT2D eigenvalue weighted by atomic mass is 32.2. The van der Waals surface area contributed by atoms with E-state index in [4.69, 9.17) is 0 Å². The number of nitrogens with one attached hydrogen (secondary N) is 1. The third kappa shape index (κ3) is 6.79. The van der Waals surface area contributed by atoms with Crippen molar-refractivity contribution in [1.82, 2.24) is 10.2 Å². The van der Waals surface area contributed by atoms with Gasteiger partial charge < -0.3 is 4.90 Å². The Labute approximate surface area is 178 Å². The van der Waals surface area contributed by atoms with E-state index < -0.39 is 9.84 Å². The second kappa shape index (κ2) is 9.90. The number of imide groups is 1. The molecule has 6 nitrogen and oxygen atoms in total. The first kappa shape index (κ1) is 22.7. The van der Waals surface area contributed by atoms with Gasteiger partial charge in [-0.25, -0.2) is 17.6 Å². The van der Waals surface area contributed by atoms with Crippen LogP contribution in [-0.2, 0) is 21.1 Å². The number of aryl methyl sites for hydroxylation is 1. The Hall–Kier alpha value is -1.96. The van der Waals surface area contributed by atoms with Gasteiger partial charge in [0.25, 0.3) is 0 Å². The number of amides is 3. The Morgan fingerprint density at radius 3 is 2.63 bits per heavy atom. The summed E-state index contributed by atoms with van der Waals surface area (Å²) in [4.78, 5) is 24.0. The maximum Gasteiger partial charge on any atom is 0.324 e. The molecular formula is C22H31FN2O4S. The van der Waals surface area contributed by atoms with E-state index in [1.54, 1.807) is 6.07 Å². The molecule has 3 rings (SSSR count). The highest BCUT2D eigenvalue weighted by Crippen LogP contribution is 2.34. The normalized spacial score (nSPS) is 18.0. The molecule has 1 aromatic carbocycles. The van der Waals surface area contributed by atoms with E-state index >= 15 is 0 Å². The minimum Gasteiger partial charge on any atom is -0.315 e. The number of carbonyl (C=O) groups excluding carboxylic acids is 2. The van der Waals surface area contributed by atoms with Crippen LogP contribution >= 0.6 is 0 Å². The predicted octanol–water partition coefficient (Wildman–Crippen LogP) is 3.41. The summed E-state index contributed by atoms with van der Waals surface area (Å²) in [5.41, 5.74) is 1.56. The summed E-state index contributed by atoms with van der Waals surface area (Å²) >= 11 is 0. The zero-order valence-corrected chi connectivity index (χ0v) is 18.3. The average molecular weight is 439 g/mol. The van der Waals surface area contributed by atoms with Crippen molar-refractivity contribution in [1.29, 1.82) is 0 Å². The van der Waals surface area contributed by atoms with Crippen LogP contribution < -0.4 is 5.32 Å². The minimum atomic E-state index is -3.23. The van der Waals surface area contributed by atoms with Crippen LogP contribution in [0.15, 0.2) is 18.2 Å². The number of carbonyl (C=O) groups is 2. The molecule has 1 saturated heterocycles. The van der Waals surface area contributed by atoms with Crippen molar-refractivity contribution in [2.45, 2.75) is 57.8 Å². The summed E-state index contributed by atoms with van der Waals surface area (Å²) in [6, 6.07) is 4.61. The Bertz CT molecular complexity index is 883. The third-order valence-corrected chi connectivity index (χ3v) is 7.83. The average Bonchev–Trinajstić information content (AvgIpc) is 3.44. The first-order valence-electron chi connectivity index (χ1n) is 10.8. The van der Waals surface area contributed by atoms with E-state index in [-0.39, 0.29) is 41.7 Å². The van der Waals surface area contributed by atoms with Crippen molar-refractivity contribution in [3.63, 3.8) is 0 Å². The summed E-state index contributed by atoms with van der Waals surface area (Å²) < 4.78 is 39.1. The molecule has 0 radical (unpaired) electrons. The zero-order chi connectivity index (χ0) is 21.7. The van der Waals surface area contributed by atoms with E-state index in [0.29, 0.717) is 37.8 Å². The maximum atomic E-state index is 14.1. The van der Waals surface area contributed by atoms with Gasteiger partial charge >= 0.3 is 6.03 Å². The lowest BCUT2D eigenvalue weighted by Crippen LogP contribution is -2.29. The monoisotopic (exact) mass is 438 g/mol. The Morgan fingerprint density at radius 1 is 1.20 bits per heavy atom. The fourth-order valence-electron chi connectivity index (χ4n) is 3.88. The van der Waals surface area contributed by atoms with Crippen molar-refractivity contribution in [3.05, 3.63) is 35.1 Å². The van der Waals surface area contributed by atoms with Gasteiger partial charge in [-0.3, -0.25) is 10.1 Å². The molecule has 1 aliphatic heterocycles. The molecule has 2 fully saturated rings. The molecule has 1 aliphatic carbocycles. The van der Waals surface area contributed by atoms with Crippen LogP contribution in [0.25, 0.3) is 0 Å². The molecule has 0 bridgehead atoms. The molecule has 3 amide bonds. The molecule has 8 heteroatoms. The van der Waals surface area contributed by atoms with E-state index in [2.05, 4.69) is 5.32 Å². The largest absolute Gasteiger partial charge is 0.324 e. The lowest BCUT2D eigenvalue weighted by Gasteiger charge is -2.15. The Balaban J connectivity index is 1.42. The van der Waals surface area contributed by atoms with Gasteiger partial charge in [0.1, 0.15) is 12.4 Å². The molecule has 0 aromatic heterocycles. The second-order valence-corrected chi connectivity index (χ2v) is 10.9. The highest BCUT2D eigenvalue weighted by molar-refractivity contribution is 7.91. The molecule has 2 aliphatic rings. The van der Waals surface area contributed by atoms with E-state index in [9.17, 15) is 22.4 Å². The van der Waals surface area contributed by atoms with Crippen LogP contribution in [0.4, 0.5) is 9.18 Å². The van der Waals surface area contributed by atoms with Crippen LogP contribution in [0.2, 0.25) is 0 Å². The number of benzene rings is 1. The van der Waals surface area contributed by atoms with Gasteiger partial charge in [-0.1, -0.05) is 38.3 Å². The van der Waals surface area contributed by atoms with E-state index in [0.717, 1.165) is 17.9 Å². The van der Waals surface area contributed by atoms with Crippen LogP contribution in [0.3, 0.4) is 0 Å². The van der Waals surface area contributed by atoms with Crippen LogP contribution in [0.5, 0.6) is 0 Å². The molecule has 1 heterocycles. The van der Waals surface area contributed by atoms with Gasteiger partial charge in [-0.15, -0.1) is 0 Å². The topological polar surface area (TPSA) is 83.6 Å². The van der Waals surface area contributed by atoms with Crippen LogP contribution in [0, 0.1) is 11.7 Å². The van der Waals surface area contributed by atoms with Crippen molar-refractivity contribution in [2.24, 2.45) is 5.92 Å². The van der Waals surface area contributed by atoms with Gasteiger partial charge in [-0.05, 0) is 54.7 Å². The first-order valence-corrected chi connectivity index (χ1v) is 12.6. The summed E-state index contributed by atoms with van der Waals surface area (Å²) in [7, 11) is -3.23. The van der Waals surface area contributed by atoms with Crippen molar-refractivity contribution in [2.75, 3.05) is 24.6 Å². The molecule has 0 spiro atoms. The number of hydrogen-bond donors (Lipinski definition) is 1. The summed E-state index contributed by atoms with van der Waals surface area (Å²) in [5, 5.41) is 2.22. The SMILES string of the molecule is C[C@@H](CS(=O)(=O)CCCCCN1CC(=O)NC1=O)c1ccc(F)c(CCC2CC2)c1. The van der Waals surface area contributed by atoms with E-state index in [1.807, 2.05) is 13.0 Å². The number of hydrogen-bond acceptors (Lipinski definition) is 4.